The van der Waals surface area contributed by atoms with Crippen LogP contribution in [0.1, 0.15) is 11.3 Å². The molecule has 16 heavy (non-hydrogen) atoms. The monoisotopic (exact) mass is 280 g/mol. The van der Waals surface area contributed by atoms with Crippen molar-refractivity contribution in [3.05, 3.63) is 52.5 Å². The van der Waals surface area contributed by atoms with Crippen LogP contribution in [-0.4, -0.2) is 14.7 Å². The third kappa shape index (κ3) is 2.51. The minimum Gasteiger partial charge on any atom is -0.390 e. The van der Waals surface area contributed by atoms with Crippen LogP contribution in [0.4, 0.5) is 0 Å². The van der Waals surface area contributed by atoms with Crippen molar-refractivity contribution in [3.63, 3.8) is 0 Å². The molecule has 0 aliphatic heterocycles. The van der Waals surface area contributed by atoms with Crippen LogP contribution in [0.5, 0.6) is 0 Å². The molecule has 3 nitrogen and oxygen atoms in total. The van der Waals surface area contributed by atoms with Crippen LogP contribution in [0, 0.1) is 0 Å². The fraction of sp³-hybridized carbons (Fsp3) is 0.250. The molecule has 2 aromatic rings. The van der Waals surface area contributed by atoms with E-state index in [4.69, 9.17) is 5.11 Å². The largest absolute Gasteiger partial charge is 0.390 e. The standard InChI is InChI=1S/C12H13BrN2O/c13-12-4-2-1-3-10(12)5-6-15-9-14-7-11(15)8-16/h1-4,7,9,16H,5-6,8H2. The average Bonchev–Trinajstić information content (AvgIpc) is 2.75. The number of aliphatic hydroxyl groups is 1. The Morgan fingerprint density at radius 1 is 1.31 bits per heavy atom. The molecule has 0 saturated heterocycles. The maximum absolute atomic E-state index is 9.09. The van der Waals surface area contributed by atoms with E-state index in [0.29, 0.717) is 0 Å². The van der Waals surface area contributed by atoms with Gasteiger partial charge in [-0.3, -0.25) is 0 Å². The van der Waals surface area contributed by atoms with Gasteiger partial charge in [0.2, 0.25) is 0 Å². The zero-order valence-corrected chi connectivity index (χ0v) is 10.4. The molecule has 0 saturated carbocycles. The van der Waals surface area contributed by atoms with Gasteiger partial charge in [0.1, 0.15) is 0 Å². The summed E-state index contributed by atoms with van der Waals surface area (Å²) in [7, 11) is 0. The summed E-state index contributed by atoms with van der Waals surface area (Å²) < 4.78 is 3.10. The number of hydrogen-bond acceptors (Lipinski definition) is 2. The van der Waals surface area contributed by atoms with E-state index >= 15 is 0 Å². The molecule has 4 heteroatoms. The number of aliphatic hydroxyl groups excluding tert-OH is 1. The summed E-state index contributed by atoms with van der Waals surface area (Å²) in [4.78, 5) is 4.02. The predicted molar refractivity (Wildman–Crippen MR) is 66.0 cm³/mol. The molecule has 1 N–H and O–H groups in total. The lowest BCUT2D eigenvalue weighted by Gasteiger charge is -2.07. The summed E-state index contributed by atoms with van der Waals surface area (Å²) in [5, 5.41) is 9.09. The maximum Gasteiger partial charge on any atom is 0.0948 e. The van der Waals surface area contributed by atoms with Gasteiger partial charge in [0.25, 0.3) is 0 Å². The number of imidazole rings is 1. The molecule has 0 amide bonds. The molecule has 1 aromatic heterocycles. The Morgan fingerprint density at radius 3 is 2.88 bits per heavy atom. The number of aryl methyl sites for hydroxylation is 2. The molecule has 2 rings (SSSR count). The molecule has 0 radical (unpaired) electrons. The summed E-state index contributed by atoms with van der Waals surface area (Å²) >= 11 is 3.52. The lowest BCUT2D eigenvalue weighted by atomic mass is 10.1. The van der Waals surface area contributed by atoms with Gasteiger partial charge in [-0.1, -0.05) is 34.1 Å². The second kappa shape index (κ2) is 5.27. The van der Waals surface area contributed by atoms with Gasteiger partial charge in [0.05, 0.1) is 24.8 Å². The van der Waals surface area contributed by atoms with Crippen molar-refractivity contribution in [2.45, 2.75) is 19.6 Å². The minimum absolute atomic E-state index is 0.0377. The highest BCUT2D eigenvalue weighted by Crippen LogP contribution is 2.17. The first-order valence-corrected chi connectivity index (χ1v) is 5.94. The number of halogens is 1. The van der Waals surface area contributed by atoms with Crippen LogP contribution in [0.3, 0.4) is 0 Å². The third-order valence-corrected chi connectivity index (χ3v) is 3.31. The Kier molecular flexibility index (Phi) is 3.74. The van der Waals surface area contributed by atoms with Crippen LogP contribution in [-0.2, 0) is 19.6 Å². The smallest absolute Gasteiger partial charge is 0.0948 e. The summed E-state index contributed by atoms with van der Waals surface area (Å²) in [6.07, 6.45) is 4.37. The van der Waals surface area contributed by atoms with E-state index in [2.05, 4.69) is 27.0 Å². The molecule has 0 fully saturated rings. The second-order valence-electron chi connectivity index (χ2n) is 3.58. The van der Waals surface area contributed by atoms with E-state index in [-0.39, 0.29) is 6.61 Å². The number of rotatable bonds is 4. The number of hydrogen-bond donors (Lipinski definition) is 1. The van der Waals surface area contributed by atoms with Gasteiger partial charge >= 0.3 is 0 Å². The van der Waals surface area contributed by atoms with E-state index < -0.39 is 0 Å². The van der Waals surface area contributed by atoms with E-state index in [1.54, 1.807) is 12.5 Å². The van der Waals surface area contributed by atoms with Gasteiger partial charge in [-0.05, 0) is 18.1 Å². The molecule has 0 aliphatic carbocycles. The van der Waals surface area contributed by atoms with Crippen LogP contribution in [0.25, 0.3) is 0 Å². The summed E-state index contributed by atoms with van der Waals surface area (Å²) in [5.41, 5.74) is 2.12. The van der Waals surface area contributed by atoms with Gasteiger partial charge in [-0.25, -0.2) is 4.98 Å². The summed E-state index contributed by atoms with van der Waals surface area (Å²) in [6, 6.07) is 8.17. The van der Waals surface area contributed by atoms with Crippen LogP contribution in [0.15, 0.2) is 41.3 Å². The fourth-order valence-corrected chi connectivity index (χ4v) is 2.11. The summed E-state index contributed by atoms with van der Waals surface area (Å²) in [5.74, 6) is 0. The van der Waals surface area contributed by atoms with E-state index in [1.807, 2.05) is 22.8 Å². The fourth-order valence-electron chi connectivity index (χ4n) is 1.62. The Balaban J connectivity index is 2.05. The highest BCUT2D eigenvalue weighted by atomic mass is 79.9. The molecule has 0 unspecified atom stereocenters. The lowest BCUT2D eigenvalue weighted by Crippen LogP contribution is -2.04. The van der Waals surface area contributed by atoms with Crippen molar-refractivity contribution >= 4 is 15.9 Å². The van der Waals surface area contributed by atoms with Gasteiger partial charge in [0, 0.05) is 11.0 Å². The zero-order chi connectivity index (χ0) is 11.4. The van der Waals surface area contributed by atoms with E-state index in [0.717, 1.165) is 23.1 Å². The normalized spacial score (nSPS) is 10.6. The topological polar surface area (TPSA) is 38.1 Å². The number of benzene rings is 1. The first-order chi connectivity index (χ1) is 7.81. The van der Waals surface area contributed by atoms with Gasteiger partial charge in [-0.15, -0.1) is 0 Å². The van der Waals surface area contributed by atoms with Crippen molar-refractivity contribution in [2.75, 3.05) is 0 Å². The van der Waals surface area contributed by atoms with Crippen molar-refractivity contribution in [1.82, 2.24) is 9.55 Å². The Labute approximate surface area is 103 Å². The molecule has 84 valence electrons. The number of nitrogens with zero attached hydrogens (tertiary/aromatic N) is 2. The highest BCUT2D eigenvalue weighted by molar-refractivity contribution is 9.10. The summed E-state index contributed by atoms with van der Waals surface area (Å²) in [6.45, 7) is 0.870. The van der Waals surface area contributed by atoms with E-state index in [9.17, 15) is 0 Å². The average molecular weight is 281 g/mol. The molecule has 0 atom stereocenters. The Hall–Kier alpha value is -1.13. The first kappa shape index (κ1) is 11.4. The molecule has 1 heterocycles. The predicted octanol–water partition coefficient (Wildman–Crippen LogP) is 2.38. The second-order valence-corrected chi connectivity index (χ2v) is 4.43. The van der Waals surface area contributed by atoms with Crippen molar-refractivity contribution < 1.29 is 5.11 Å². The molecular weight excluding hydrogens is 268 g/mol. The maximum atomic E-state index is 9.09. The van der Waals surface area contributed by atoms with Gasteiger partial charge in [-0.2, -0.15) is 0 Å². The van der Waals surface area contributed by atoms with Crippen LogP contribution < -0.4 is 0 Å². The minimum atomic E-state index is 0.0377. The van der Waals surface area contributed by atoms with Crippen molar-refractivity contribution in [1.29, 1.82) is 0 Å². The molecule has 0 bridgehead atoms. The van der Waals surface area contributed by atoms with Gasteiger partial charge < -0.3 is 9.67 Å². The molecule has 0 aliphatic rings. The van der Waals surface area contributed by atoms with Crippen molar-refractivity contribution in [2.24, 2.45) is 0 Å². The molecular formula is C12H13BrN2O. The Bertz CT molecular complexity index is 468. The lowest BCUT2D eigenvalue weighted by molar-refractivity contribution is 0.270. The molecule has 0 spiro atoms. The van der Waals surface area contributed by atoms with Crippen LogP contribution in [0.2, 0.25) is 0 Å². The van der Waals surface area contributed by atoms with E-state index in [1.165, 1.54) is 5.56 Å². The number of aromatic nitrogens is 2. The quantitative estimate of drug-likeness (QED) is 0.934. The third-order valence-electron chi connectivity index (χ3n) is 2.54. The van der Waals surface area contributed by atoms with Crippen molar-refractivity contribution in [3.8, 4) is 0 Å². The highest BCUT2D eigenvalue weighted by Gasteiger charge is 2.02. The Morgan fingerprint density at radius 2 is 2.12 bits per heavy atom. The van der Waals surface area contributed by atoms with Crippen LogP contribution >= 0.6 is 15.9 Å². The first-order valence-electron chi connectivity index (χ1n) is 5.14. The van der Waals surface area contributed by atoms with Gasteiger partial charge in [0.15, 0.2) is 0 Å². The molecule has 1 aromatic carbocycles. The SMILES string of the molecule is OCc1cncn1CCc1ccccc1Br. The zero-order valence-electron chi connectivity index (χ0n) is 8.81.